The highest BCUT2D eigenvalue weighted by molar-refractivity contribution is 6.77. The Morgan fingerprint density at radius 3 is 2.09 bits per heavy atom. The molecule has 1 N–H and O–H groups in total. The van der Waals surface area contributed by atoms with Crippen LogP contribution in [0.5, 0.6) is 0 Å². The van der Waals surface area contributed by atoms with Crippen molar-refractivity contribution in [3.8, 4) is 0 Å². The second-order valence-corrected chi connectivity index (χ2v) is 14.7. The SMILES string of the molecule is CC(C)[Si](OCCc1ccc(Nc2c(C(=O)C[O-])ccc(F)c2F)c(F)c1)(C(C)C)C(C)C. The molecule has 0 atom stereocenters. The van der Waals surface area contributed by atoms with E-state index in [1.54, 1.807) is 6.07 Å². The lowest BCUT2D eigenvalue weighted by Gasteiger charge is -2.42. The zero-order valence-electron chi connectivity index (χ0n) is 20.1. The molecule has 33 heavy (non-hydrogen) atoms. The number of anilines is 2. The number of hydrogen-bond acceptors (Lipinski definition) is 4. The average molecular weight is 481 g/mol. The number of carbonyl (C=O) groups excluding carboxylic acids is 1. The van der Waals surface area contributed by atoms with E-state index in [4.69, 9.17) is 4.43 Å². The van der Waals surface area contributed by atoms with Crippen molar-refractivity contribution < 1.29 is 27.5 Å². The molecule has 2 aromatic rings. The van der Waals surface area contributed by atoms with Gasteiger partial charge in [-0.1, -0.05) is 54.2 Å². The number of carbonyl (C=O) groups is 1. The molecule has 0 bridgehead atoms. The van der Waals surface area contributed by atoms with Crippen LogP contribution >= 0.6 is 0 Å². The first-order chi connectivity index (χ1) is 15.4. The van der Waals surface area contributed by atoms with Crippen molar-refractivity contribution in [1.82, 2.24) is 0 Å². The van der Waals surface area contributed by atoms with Crippen molar-refractivity contribution >= 4 is 25.5 Å². The van der Waals surface area contributed by atoms with Gasteiger partial charge in [0.2, 0.25) is 0 Å². The second kappa shape index (κ2) is 11.3. The zero-order valence-corrected chi connectivity index (χ0v) is 21.1. The summed E-state index contributed by atoms with van der Waals surface area (Å²) >= 11 is 0. The molecule has 0 saturated carbocycles. The van der Waals surface area contributed by atoms with Crippen LogP contribution in [-0.4, -0.2) is 27.3 Å². The first kappa shape index (κ1) is 27.1. The minimum atomic E-state index is -2.03. The van der Waals surface area contributed by atoms with Crippen molar-refractivity contribution in [2.75, 3.05) is 18.5 Å². The molecule has 0 radical (unpaired) electrons. The number of hydrogen-bond donors (Lipinski definition) is 1. The summed E-state index contributed by atoms with van der Waals surface area (Å²) in [5.41, 5.74) is 1.02. The summed E-state index contributed by atoms with van der Waals surface area (Å²) in [7, 11) is -2.03. The number of benzene rings is 2. The fourth-order valence-corrected chi connectivity index (χ4v) is 10.2. The molecule has 4 nitrogen and oxygen atoms in total. The molecule has 0 fully saturated rings. The van der Waals surface area contributed by atoms with Gasteiger partial charge in [-0.05, 0) is 52.9 Å². The Hall–Kier alpha value is -2.16. The molecule has 0 aliphatic heterocycles. The molecular formula is C25H33F3NO3Si-. The Morgan fingerprint density at radius 1 is 0.970 bits per heavy atom. The Balaban J connectivity index is 2.20. The van der Waals surface area contributed by atoms with Gasteiger partial charge in [-0.25, -0.2) is 13.2 Å². The van der Waals surface area contributed by atoms with E-state index in [2.05, 4.69) is 46.9 Å². The van der Waals surface area contributed by atoms with Crippen LogP contribution in [0.1, 0.15) is 57.5 Å². The molecule has 2 aromatic carbocycles. The predicted octanol–water partition coefficient (Wildman–Crippen LogP) is 6.13. The van der Waals surface area contributed by atoms with Crippen molar-refractivity contribution in [3.63, 3.8) is 0 Å². The van der Waals surface area contributed by atoms with Gasteiger partial charge in [0.25, 0.3) is 0 Å². The largest absolute Gasteiger partial charge is 0.849 e. The second-order valence-electron chi connectivity index (χ2n) is 9.21. The third-order valence-corrected chi connectivity index (χ3v) is 12.4. The van der Waals surface area contributed by atoms with E-state index < -0.39 is 43.8 Å². The summed E-state index contributed by atoms with van der Waals surface area (Å²) in [6, 6.07) is 6.15. The number of Topliss-reactive ketones (excluding diaryl/α,β-unsaturated/α-hetero) is 1. The fourth-order valence-electron chi connectivity index (χ4n) is 4.78. The minimum Gasteiger partial charge on any atom is -0.849 e. The van der Waals surface area contributed by atoms with E-state index in [-0.39, 0.29) is 11.3 Å². The maximum Gasteiger partial charge on any atom is 0.200 e. The van der Waals surface area contributed by atoms with E-state index in [1.807, 2.05) is 0 Å². The molecule has 0 spiro atoms. The van der Waals surface area contributed by atoms with Gasteiger partial charge < -0.3 is 14.8 Å². The number of halogens is 3. The maximum atomic E-state index is 14.8. The summed E-state index contributed by atoms with van der Waals surface area (Å²) in [6.45, 7) is 12.5. The zero-order chi connectivity index (χ0) is 24.9. The van der Waals surface area contributed by atoms with Gasteiger partial charge in [0.15, 0.2) is 20.0 Å². The van der Waals surface area contributed by atoms with Crippen molar-refractivity contribution in [1.29, 1.82) is 0 Å². The van der Waals surface area contributed by atoms with Crippen LogP contribution in [0.25, 0.3) is 0 Å². The van der Waals surface area contributed by atoms with Crippen LogP contribution in [0.4, 0.5) is 24.5 Å². The highest BCUT2D eigenvalue weighted by atomic mass is 28.4. The van der Waals surface area contributed by atoms with Crippen molar-refractivity contribution in [2.45, 2.75) is 64.6 Å². The molecule has 0 saturated heterocycles. The monoisotopic (exact) mass is 480 g/mol. The van der Waals surface area contributed by atoms with E-state index in [0.29, 0.717) is 35.2 Å². The smallest absolute Gasteiger partial charge is 0.200 e. The fraction of sp³-hybridized carbons (Fsp3) is 0.480. The Bertz CT molecular complexity index is 958. The van der Waals surface area contributed by atoms with Gasteiger partial charge in [0, 0.05) is 12.2 Å². The molecule has 0 unspecified atom stereocenters. The van der Waals surface area contributed by atoms with Crippen LogP contribution in [0.3, 0.4) is 0 Å². The van der Waals surface area contributed by atoms with Crippen LogP contribution in [0.2, 0.25) is 16.6 Å². The summed E-state index contributed by atoms with van der Waals surface area (Å²) < 4.78 is 49.3. The van der Waals surface area contributed by atoms with Crippen LogP contribution < -0.4 is 10.4 Å². The molecule has 182 valence electrons. The van der Waals surface area contributed by atoms with Crippen LogP contribution in [0, 0.1) is 17.5 Å². The van der Waals surface area contributed by atoms with Gasteiger partial charge in [-0.15, -0.1) is 0 Å². The molecule has 8 heteroatoms. The quantitative estimate of drug-likeness (QED) is 0.311. The molecule has 0 aliphatic carbocycles. The lowest BCUT2D eigenvalue weighted by Crippen LogP contribution is -2.48. The third-order valence-electron chi connectivity index (χ3n) is 6.27. The molecule has 0 amide bonds. The average Bonchev–Trinajstić information content (AvgIpc) is 2.74. The Labute approximate surface area is 195 Å². The van der Waals surface area contributed by atoms with Crippen molar-refractivity contribution in [3.05, 3.63) is 58.9 Å². The Morgan fingerprint density at radius 2 is 1.58 bits per heavy atom. The van der Waals surface area contributed by atoms with Crippen molar-refractivity contribution in [2.24, 2.45) is 0 Å². The standard InChI is InChI=1S/C25H33F3NO3Si/c1-15(2)33(16(3)4,17(5)6)32-12-11-18-7-10-22(21(27)13-18)29-25-19(23(31)14-30)8-9-20(26)24(25)28/h7-10,13,15-17,29H,11-12,14H2,1-6H3/q-1. The first-order valence-electron chi connectivity index (χ1n) is 11.2. The van der Waals surface area contributed by atoms with E-state index >= 15 is 0 Å². The summed E-state index contributed by atoms with van der Waals surface area (Å²) in [5.74, 6) is -4.15. The first-order valence-corrected chi connectivity index (χ1v) is 13.4. The van der Waals surface area contributed by atoms with Gasteiger partial charge in [-0.2, -0.15) is 0 Å². The van der Waals surface area contributed by atoms with Gasteiger partial charge >= 0.3 is 0 Å². The normalized spacial score (nSPS) is 12.2. The van der Waals surface area contributed by atoms with Crippen LogP contribution in [-0.2, 0) is 10.8 Å². The predicted molar refractivity (Wildman–Crippen MR) is 126 cm³/mol. The van der Waals surface area contributed by atoms with Gasteiger partial charge in [0.1, 0.15) is 11.6 Å². The molecule has 0 heterocycles. The summed E-state index contributed by atoms with van der Waals surface area (Å²) in [4.78, 5) is 11.8. The van der Waals surface area contributed by atoms with Gasteiger partial charge in [-0.3, -0.25) is 4.79 Å². The number of nitrogens with one attached hydrogen (secondary N) is 1. The lowest BCUT2D eigenvalue weighted by molar-refractivity contribution is -0.349. The molecule has 0 aromatic heterocycles. The lowest BCUT2D eigenvalue weighted by atomic mass is 10.1. The minimum absolute atomic E-state index is 0.126. The Kier molecular flexibility index (Phi) is 9.28. The maximum absolute atomic E-state index is 14.8. The van der Waals surface area contributed by atoms with E-state index in [1.165, 1.54) is 12.1 Å². The summed E-state index contributed by atoms with van der Waals surface area (Å²) in [6.07, 6.45) is 0.506. The van der Waals surface area contributed by atoms with Crippen LogP contribution in [0.15, 0.2) is 30.3 Å². The van der Waals surface area contributed by atoms with E-state index in [0.717, 1.165) is 12.1 Å². The molecule has 2 rings (SSSR count). The highest BCUT2D eigenvalue weighted by Gasteiger charge is 2.44. The molecular weight excluding hydrogens is 447 g/mol. The molecule has 0 aliphatic rings. The van der Waals surface area contributed by atoms with Gasteiger partial charge in [0.05, 0.1) is 11.4 Å². The highest BCUT2D eigenvalue weighted by Crippen LogP contribution is 2.42. The summed E-state index contributed by atoms with van der Waals surface area (Å²) in [5, 5.41) is 13.4. The number of rotatable bonds is 11. The van der Waals surface area contributed by atoms with E-state index in [9.17, 15) is 23.1 Å². The third kappa shape index (κ3) is 5.86. The number of ketones is 1. The topological polar surface area (TPSA) is 61.4 Å².